The van der Waals surface area contributed by atoms with Crippen molar-refractivity contribution in [2.75, 3.05) is 13.7 Å². The zero-order valence-corrected chi connectivity index (χ0v) is 11.3. The van der Waals surface area contributed by atoms with E-state index < -0.39 is 24.7 Å². The van der Waals surface area contributed by atoms with Gasteiger partial charge in [0.15, 0.2) is 0 Å². The minimum Gasteiger partial charge on any atom is -0.468 e. The summed E-state index contributed by atoms with van der Waals surface area (Å²) in [7, 11) is 1.15. The molecular formula is C13H12F3NO2S. The Kier molecular flexibility index (Phi) is 4.29. The number of hydrogen-bond donors (Lipinski definition) is 1. The normalized spacial score (nSPS) is 13.4. The second kappa shape index (κ2) is 5.80. The van der Waals surface area contributed by atoms with Crippen molar-refractivity contribution < 1.29 is 22.7 Å². The number of methoxy groups -OCH3 is 1. The van der Waals surface area contributed by atoms with Gasteiger partial charge in [-0.3, -0.25) is 5.32 Å². The fourth-order valence-corrected chi connectivity index (χ4v) is 2.86. The highest BCUT2D eigenvalue weighted by Crippen LogP contribution is 2.31. The van der Waals surface area contributed by atoms with E-state index in [1.807, 2.05) is 12.1 Å². The quantitative estimate of drug-likeness (QED) is 0.881. The molecule has 0 spiro atoms. The summed E-state index contributed by atoms with van der Waals surface area (Å²) in [6, 6.07) is 6.10. The molecule has 1 unspecified atom stereocenters. The molecule has 2 rings (SSSR count). The van der Waals surface area contributed by atoms with Crippen LogP contribution in [0.2, 0.25) is 0 Å². The monoisotopic (exact) mass is 303 g/mol. The molecule has 0 aliphatic heterocycles. The first-order valence-electron chi connectivity index (χ1n) is 5.76. The lowest BCUT2D eigenvalue weighted by Crippen LogP contribution is -2.36. The summed E-state index contributed by atoms with van der Waals surface area (Å²) >= 11 is 1.37. The fraction of sp³-hybridized carbons (Fsp3) is 0.308. The Balaban J connectivity index is 2.33. The lowest BCUT2D eigenvalue weighted by Gasteiger charge is -2.17. The van der Waals surface area contributed by atoms with Crippen molar-refractivity contribution in [1.82, 2.24) is 5.32 Å². The lowest BCUT2D eigenvalue weighted by atomic mass is 10.1. The average Bonchev–Trinajstić information content (AvgIpc) is 2.81. The highest BCUT2D eigenvalue weighted by molar-refractivity contribution is 7.17. The Bertz CT molecular complexity index is 609. The minimum absolute atomic E-state index is 0.502. The molecule has 0 fully saturated rings. The van der Waals surface area contributed by atoms with Crippen LogP contribution in [0.5, 0.6) is 0 Å². The zero-order chi connectivity index (χ0) is 14.8. The van der Waals surface area contributed by atoms with Crippen molar-refractivity contribution in [1.29, 1.82) is 0 Å². The van der Waals surface area contributed by atoms with Crippen molar-refractivity contribution in [3.05, 3.63) is 35.2 Å². The van der Waals surface area contributed by atoms with Gasteiger partial charge < -0.3 is 4.74 Å². The second-order valence-corrected chi connectivity index (χ2v) is 5.05. The topological polar surface area (TPSA) is 38.3 Å². The number of esters is 1. The van der Waals surface area contributed by atoms with Crippen LogP contribution < -0.4 is 5.32 Å². The molecule has 3 nitrogen and oxygen atoms in total. The standard InChI is InChI=1S/C13H12F3NO2S/c1-19-12(18)11(17-7-13(14,15)16)9-6-20-10-5-3-2-4-8(9)10/h2-6,11,17H,7H2,1H3. The number of halogens is 3. The van der Waals surface area contributed by atoms with Crippen LogP contribution in [0.15, 0.2) is 29.6 Å². The SMILES string of the molecule is COC(=O)C(NCC(F)(F)F)c1csc2ccccc12. The van der Waals surface area contributed by atoms with E-state index in [9.17, 15) is 18.0 Å². The Morgan fingerprint density at radius 2 is 2.10 bits per heavy atom. The summed E-state index contributed by atoms with van der Waals surface area (Å²) in [4.78, 5) is 11.7. The van der Waals surface area contributed by atoms with Gasteiger partial charge in [0.2, 0.25) is 0 Å². The first-order valence-corrected chi connectivity index (χ1v) is 6.64. The average molecular weight is 303 g/mol. The number of nitrogens with one attached hydrogen (secondary N) is 1. The Morgan fingerprint density at radius 1 is 1.40 bits per heavy atom. The van der Waals surface area contributed by atoms with Crippen molar-refractivity contribution in [2.24, 2.45) is 0 Å². The highest BCUT2D eigenvalue weighted by atomic mass is 32.1. The summed E-state index contributed by atoms with van der Waals surface area (Å²) in [6.45, 7) is -1.25. The zero-order valence-electron chi connectivity index (χ0n) is 10.5. The molecule has 1 aromatic heterocycles. The summed E-state index contributed by atoms with van der Waals surface area (Å²) in [5, 5.41) is 4.64. The van der Waals surface area contributed by atoms with Crippen LogP contribution in [0.25, 0.3) is 10.1 Å². The van der Waals surface area contributed by atoms with Crippen molar-refractivity contribution >= 4 is 27.4 Å². The molecule has 0 aliphatic rings. The van der Waals surface area contributed by atoms with Gasteiger partial charge in [-0.2, -0.15) is 13.2 Å². The van der Waals surface area contributed by atoms with Gasteiger partial charge in [0.05, 0.1) is 13.7 Å². The first-order chi connectivity index (χ1) is 9.42. The van der Waals surface area contributed by atoms with Crippen LogP contribution in [0.1, 0.15) is 11.6 Å². The van der Waals surface area contributed by atoms with E-state index in [4.69, 9.17) is 0 Å². The molecule has 108 valence electrons. The maximum atomic E-state index is 12.3. The minimum atomic E-state index is -4.39. The van der Waals surface area contributed by atoms with Crippen molar-refractivity contribution in [3.63, 3.8) is 0 Å². The van der Waals surface area contributed by atoms with E-state index >= 15 is 0 Å². The third kappa shape index (κ3) is 3.29. The lowest BCUT2D eigenvalue weighted by molar-refractivity contribution is -0.146. The van der Waals surface area contributed by atoms with Gasteiger partial charge in [-0.1, -0.05) is 18.2 Å². The number of fused-ring (bicyclic) bond motifs is 1. The van der Waals surface area contributed by atoms with Gasteiger partial charge in [0, 0.05) is 4.70 Å². The molecule has 1 N–H and O–H groups in total. The van der Waals surface area contributed by atoms with Crippen LogP contribution >= 0.6 is 11.3 Å². The molecule has 20 heavy (non-hydrogen) atoms. The molecule has 0 saturated heterocycles. The Hall–Kier alpha value is -1.60. The molecule has 0 saturated carbocycles. The number of carbonyl (C=O) groups is 1. The van der Waals surface area contributed by atoms with Gasteiger partial charge in [-0.25, -0.2) is 4.79 Å². The maximum Gasteiger partial charge on any atom is 0.401 e. The molecule has 2 aromatic rings. The Morgan fingerprint density at radius 3 is 2.75 bits per heavy atom. The smallest absolute Gasteiger partial charge is 0.401 e. The van der Waals surface area contributed by atoms with Crippen molar-refractivity contribution in [2.45, 2.75) is 12.2 Å². The van der Waals surface area contributed by atoms with Crippen LogP contribution in [0.4, 0.5) is 13.2 Å². The molecule has 0 amide bonds. The second-order valence-electron chi connectivity index (χ2n) is 4.14. The molecule has 1 atom stereocenters. The molecular weight excluding hydrogens is 291 g/mol. The molecule has 1 aromatic carbocycles. The van der Waals surface area contributed by atoms with Crippen LogP contribution in [-0.2, 0) is 9.53 Å². The van der Waals surface area contributed by atoms with Gasteiger partial charge in [0.1, 0.15) is 6.04 Å². The number of benzene rings is 1. The van der Waals surface area contributed by atoms with E-state index in [1.54, 1.807) is 17.5 Å². The third-order valence-corrected chi connectivity index (χ3v) is 3.75. The summed E-state index contributed by atoms with van der Waals surface area (Å²) in [5.41, 5.74) is 0.502. The first kappa shape index (κ1) is 14.8. The van der Waals surface area contributed by atoms with Gasteiger partial charge in [-0.15, -0.1) is 11.3 Å². The molecule has 7 heteroatoms. The van der Waals surface area contributed by atoms with Crippen molar-refractivity contribution in [3.8, 4) is 0 Å². The summed E-state index contributed by atoms with van der Waals surface area (Å²) < 4.78 is 42.5. The van der Waals surface area contributed by atoms with E-state index in [0.717, 1.165) is 17.2 Å². The Labute approximate surface area is 117 Å². The number of rotatable bonds is 4. The molecule has 1 heterocycles. The number of alkyl halides is 3. The largest absolute Gasteiger partial charge is 0.468 e. The van der Waals surface area contributed by atoms with Gasteiger partial charge in [0.25, 0.3) is 0 Å². The molecule has 0 aliphatic carbocycles. The van der Waals surface area contributed by atoms with E-state index in [1.165, 1.54) is 11.3 Å². The third-order valence-electron chi connectivity index (χ3n) is 2.77. The molecule has 0 radical (unpaired) electrons. The number of ether oxygens (including phenoxy) is 1. The number of carbonyl (C=O) groups excluding carboxylic acids is 1. The highest BCUT2D eigenvalue weighted by Gasteiger charge is 2.32. The van der Waals surface area contributed by atoms with E-state index in [-0.39, 0.29) is 0 Å². The van der Waals surface area contributed by atoms with Gasteiger partial charge >= 0.3 is 12.1 Å². The fourth-order valence-electron chi connectivity index (χ4n) is 1.88. The van der Waals surface area contributed by atoms with Crippen LogP contribution in [0, 0.1) is 0 Å². The van der Waals surface area contributed by atoms with E-state index in [2.05, 4.69) is 10.1 Å². The predicted molar refractivity (Wildman–Crippen MR) is 70.6 cm³/mol. The number of hydrogen-bond acceptors (Lipinski definition) is 4. The van der Waals surface area contributed by atoms with Crippen LogP contribution in [0.3, 0.4) is 0 Å². The summed E-state index contributed by atoms with van der Waals surface area (Å²) in [6.07, 6.45) is -4.39. The summed E-state index contributed by atoms with van der Waals surface area (Å²) in [5.74, 6) is -0.738. The molecule has 0 bridgehead atoms. The number of thiophene rings is 1. The predicted octanol–water partition coefficient (Wildman–Crippen LogP) is 3.27. The van der Waals surface area contributed by atoms with Crippen LogP contribution in [-0.4, -0.2) is 25.8 Å². The van der Waals surface area contributed by atoms with Gasteiger partial charge in [-0.05, 0) is 22.4 Å². The van der Waals surface area contributed by atoms with E-state index in [0.29, 0.717) is 5.56 Å². The maximum absolute atomic E-state index is 12.3.